The molecule has 2 amide bonds. The molecule has 3 aromatic rings. The predicted octanol–water partition coefficient (Wildman–Crippen LogP) is 3.51. The van der Waals surface area contributed by atoms with E-state index in [1.54, 1.807) is 61.6 Å². The molecular formula is C30H35FN4O5Si. The van der Waals surface area contributed by atoms with Crippen molar-refractivity contribution in [3.63, 3.8) is 0 Å². The van der Waals surface area contributed by atoms with E-state index < -0.39 is 31.6 Å². The quantitative estimate of drug-likeness (QED) is 0.367. The average Bonchev–Trinajstić information content (AvgIpc) is 3.60. The molecule has 3 aliphatic rings. The van der Waals surface area contributed by atoms with Crippen LogP contribution >= 0.6 is 0 Å². The molecule has 1 aromatic heterocycles. The van der Waals surface area contributed by atoms with Gasteiger partial charge >= 0.3 is 0 Å². The molecule has 2 saturated heterocycles. The molecule has 6 rings (SSSR count). The minimum Gasteiger partial charge on any atom is -0.394 e. The maximum absolute atomic E-state index is 16.1. The second kappa shape index (κ2) is 9.85. The highest BCUT2D eigenvalue weighted by Crippen LogP contribution is 2.60. The Morgan fingerprint density at radius 1 is 1.22 bits per heavy atom. The number of likely N-dealkylation sites (tertiary alicyclic amines) is 1. The van der Waals surface area contributed by atoms with Gasteiger partial charge in [-0.05, 0) is 50.2 Å². The van der Waals surface area contributed by atoms with Crippen molar-refractivity contribution in [2.45, 2.75) is 62.6 Å². The third kappa shape index (κ3) is 4.16. The largest absolute Gasteiger partial charge is 0.394 e. The first-order chi connectivity index (χ1) is 19.5. The zero-order chi connectivity index (χ0) is 29.3. The Bertz CT molecular complexity index is 1610. The lowest BCUT2D eigenvalue weighted by molar-refractivity contribution is -0.149. The van der Waals surface area contributed by atoms with Crippen LogP contribution in [-0.2, 0) is 19.9 Å². The molecule has 41 heavy (non-hydrogen) atoms. The number of carbonyl (C=O) groups excluding carboxylic acids is 2. The minimum atomic E-state index is -3.45. The first-order valence-corrected chi connectivity index (χ1v) is 17.1. The number of halogens is 1. The fraction of sp³-hybridized carbons (Fsp3) is 0.467. The highest BCUT2D eigenvalue weighted by molar-refractivity contribution is 6.72. The van der Waals surface area contributed by atoms with Crippen molar-refractivity contribution in [2.75, 3.05) is 25.1 Å². The van der Waals surface area contributed by atoms with Crippen LogP contribution in [-0.4, -0.2) is 72.4 Å². The third-order valence-corrected chi connectivity index (χ3v) is 11.8. The summed E-state index contributed by atoms with van der Waals surface area (Å²) < 4.78 is 24.0. The zero-order valence-corrected chi connectivity index (χ0v) is 24.7. The number of anilines is 1. The first kappa shape index (κ1) is 27.7. The van der Waals surface area contributed by atoms with Crippen LogP contribution in [0.15, 0.2) is 53.5 Å². The number of rotatable bonds is 5. The van der Waals surface area contributed by atoms with Gasteiger partial charge in [0, 0.05) is 36.0 Å². The van der Waals surface area contributed by atoms with E-state index >= 15 is 4.11 Å². The van der Waals surface area contributed by atoms with Gasteiger partial charge in [-0.3, -0.25) is 14.4 Å². The second-order valence-electron chi connectivity index (χ2n) is 12.1. The molecule has 2 aromatic carbocycles. The van der Waals surface area contributed by atoms with Gasteiger partial charge in [0.15, 0.2) is 5.60 Å². The van der Waals surface area contributed by atoms with Gasteiger partial charge in [-0.2, -0.15) is 9.78 Å². The predicted molar refractivity (Wildman–Crippen MR) is 155 cm³/mol. The molecule has 11 heteroatoms. The molecule has 216 valence electrons. The van der Waals surface area contributed by atoms with Crippen LogP contribution in [0.2, 0.25) is 18.6 Å². The lowest BCUT2D eigenvalue weighted by Crippen LogP contribution is -2.44. The van der Waals surface area contributed by atoms with Gasteiger partial charge in [-0.25, -0.2) is 0 Å². The Labute approximate surface area is 238 Å². The van der Waals surface area contributed by atoms with Crippen LogP contribution in [0.3, 0.4) is 0 Å². The van der Waals surface area contributed by atoms with Crippen LogP contribution < -0.4 is 10.5 Å². The zero-order valence-electron chi connectivity index (χ0n) is 23.7. The van der Waals surface area contributed by atoms with Crippen LogP contribution in [0.1, 0.15) is 31.7 Å². The number of aromatic nitrogens is 2. The molecule has 1 spiro atoms. The fourth-order valence-corrected chi connectivity index (χ4v) is 9.88. The number of benzene rings is 2. The summed E-state index contributed by atoms with van der Waals surface area (Å²) in [7, 11) is -1.79. The van der Waals surface area contributed by atoms with Gasteiger partial charge in [0.25, 0.3) is 11.5 Å². The standard InChI is InChI=1S/C30H35FN4O5Si/c1-18-27(41(3,4)31)25(15-26(37)34-13-7-9-21(34)17-36)40-30(18)23-14-20(11-12-24(23)33(2)29(30)39)35-28(38)22-10-6-5-8-19(22)16-32-35/h5-6,8,10-12,14,16,18,21,25,27,36H,7,9,13,15,17H2,1-4H3/t18-,21-,25+,27-,30+/m0/s1. The lowest BCUT2D eigenvalue weighted by atomic mass is 9.82. The van der Waals surface area contributed by atoms with E-state index in [0.29, 0.717) is 28.9 Å². The number of nitrogens with zero attached hydrogens (tertiary/aromatic N) is 4. The van der Waals surface area contributed by atoms with Crippen molar-refractivity contribution in [3.05, 3.63) is 64.6 Å². The smallest absolute Gasteiger partial charge is 0.279 e. The highest BCUT2D eigenvalue weighted by Gasteiger charge is 2.66. The molecular weight excluding hydrogens is 543 g/mol. The number of aliphatic hydroxyl groups excluding tert-OH is 1. The number of amides is 2. The summed E-state index contributed by atoms with van der Waals surface area (Å²) >= 11 is 0. The summed E-state index contributed by atoms with van der Waals surface area (Å²) in [4.78, 5) is 44.0. The summed E-state index contributed by atoms with van der Waals surface area (Å²) in [5, 5.41) is 15.4. The number of carbonyl (C=O) groups is 2. The van der Waals surface area contributed by atoms with Gasteiger partial charge in [0.05, 0.1) is 48.1 Å². The second-order valence-corrected chi connectivity index (χ2v) is 15.9. The Balaban J connectivity index is 1.44. The summed E-state index contributed by atoms with van der Waals surface area (Å²) in [5.41, 5.74) is -0.803. The van der Waals surface area contributed by atoms with Crippen LogP contribution in [0, 0.1) is 5.92 Å². The molecule has 2 fully saturated rings. The minimum absolute atomic E-state index is 0.0642. The number of aliphatic hydroxyl groups is 1. The number of likely N-dealkylation sites (N-methyl/N-ethyl adjacent to an activating group) is 1. The summed E-state index contributed by atoms with van der Waals surface area (Å²) in [6, 6.07) is 12.2. The number of ether oxygens (including phenoxy) is 1. The maximum Gasteiger partial charge on any atom is 0.279 e. The van der Waals surface area contributed by atoms with E-state index in [0.717, 1.165) is 18.2 Å². The highest BCUT2D eigenvalue weighted by atomic mass is 28.4. The number of fused-ring (bicyclic) bond motifs is 3. The molecule has 1 N–H and O–H groups in total. The van der Waals surface area contributed by atoms with E-state index in [1.807, 2.05) is 19.1 Å². The van der Waals surface area contributed by atoms with Crippen LogP contribution in [0.5, 0.6) is 0 Å². The van der Waals surface area contributed by atoms with Gasteiger partial charge in [0.2, 0.25) is 14.3 Å². The molecule has 5 atom stereocenters. The molecule has 0 aliphatic carbocycles. The molecule has 9 nitrogen and oxygen atoms in total. The molecule has 0 radical (unpaired) electrons. The van der Waals surface area contributed by atoms with Gasteiger partial charge in [-0.15, -0.1) is 0 Å². The van der Waals surface area contributed by atoms with E-state index in [4.69, 9.17) is 4.74 Å². The van der Waals surface area contributed by atoms with Crippen molar-refractivity contribution in [1.29, 1.82) is 0 Å². The van der Waals surface area contributed by atoms with Crippen LogP contribution in [0.25, 0.3) is 16.5 Å². The molecule has 0 bridgehead atoms. The Hall–Kier alpha value is -3.41. The monoisotopic (exact) mass is 578 g/mol. The van der Waals surface area contributed by atoms with E-state index in [-0.39, 0.29) is 36.4 Å². The summed E-state index contributed by atoms with van der Waals surface area (Å²) in [6.07, 6.45) is 2.28. The van der Waals surface area contributed by atoms with E-state index in [9.17, 15) is 19.5 Å². The molecule has 0 unspecified atom stereocenters. The van der Waals surface area contributed by atoms with Crippen molar-refractivity contribution in [3.8, 4) is 5.69 Å². The topological polar surface area (TPSA) is 105 Å². The van der Waals surface area contributed by atoms with Crippen molar-refractivity contribution >= 4 is 36.7 Å². The van der Waals surface area contributed by atoms with Crippen LogP contribution in [0.4, 0.5) is 9.80 Å². The lowest BCUT2D eigenvalue weighted by Gasteiger charge is -2.31. The maximum atomic E-state index is 16.1. The van der Waals surface area contributed by atoms with Crippen molar-refractivity contribution in [1.82, 2.24) is 14.7 Å². The van der Waals surface area contributed by atoms with Gasteiger partial charge < -0.3 is 23.8 Å². The third-order valence-electron chi connectivity index (χ3n) is 9.30. The number of hydrogen-bond acceptors (Lipinski definition) is 6. The van der Waals surface area contributed by atoms with Crippen molar-refractivity contribution in [2.24, 2.45) is 5.92 Å². The molecule has 0 saturated carbocycles. The van der Waals surface area contributed by atoms with Crippen molar-refractivity contribution < 1.29 is 23.5 Å². The van der Waals surface area contributed by atoms with E-state index in [2.05, 4.69) is 5.10 Å². The van der Waals surface area contributed by atoms with Gasteiger partial charge in [-0.1, -0.05) is 25.1 Å². The van der Waals surface area contributed by atoms with E-state index in [1.165, 1.54) is 9.58 Å². The number of hydrogen-bond donors (Lipinski definition) is 1. The Morgan fingerprint density at radius 3 is 2.71 bits per heavy atom. The fourth-order valence-electron chi connectivity index (χ4n) is 7.39. The average molecular weight is 579 g/mol. The SMILES string of the molecule is C[C@H]1[C@H]([Si](C)(C)F)[C@@H](CC(=O)N2CCC[C@H]2CO)O[C@]12C(=O)N(C)c1ccc(-n3ncc4ccccc4c3=O)cc12. The first-order valence-electron chi connectivity index (χ1n) is 14.2. The molecule has 3 aliphatic heterocycles. The summed E-state index contributed by atoms with van der Waals surface area (Å²) in [5.74, 6) is -1.07. The summed E-state index contributed by atoms with van der Waals surface area (Å²) in [6.45, 7) is 5.45. The molecule has 4 heterocycles. The normalized spacial score (nSPS) is 27.8. The Kier molecular flexibility index (Phi) is 6.66. The Morgan fingerprint density at radius 2 is 1.98 bits per heavy atom. The van der Waals surface area contributed by atoms with Gasteiger partial charge in [0.1, 0.15) is 0 Å².